The van der Waals surface area contributed by atoms with Crippen molar-refractivity contribution in [2.75, 3.05) is 0 Å². The Morgan fingerprint density at radius 1 is 0.952 bits per heavy atom. The normalized spacial score (nSPS) is 10.9. The van der Waals surface area contributed by atoms with Crippen LogP contribution in [0, 0.1) is 0 Å². The third-order valence-electron chi connectivity index (χ3n) is 3.10. The van der Waals surface area contributed by atoms with Gasteiger partial charge in [-0.25, -0.2) is 0 Å². The van der Waals surface area contributed by atoms with E-state index >= 15 is 0 Å². The van der Waals surface area contributed by atoms with Crippen LogP contribution in [0.25, 0.3) is 22.1 Å². The minimum absolute atomic E-state index is 0.00692. The van der Waals surface area contributed by atoms with Crippen LogP contribution in [0.15, 0.2) is 45.8 Å². The summed E-state index contributed by atoms with van der Waals surface area (Å²) in [5, 5.41) is 40.1. The molecule has 0 bridgehead atoms. The Morgan fingerprint density at radius 3 is 2.43 bits per heavy atom. The number of phenols is 3. The van der Waals surface area contributed by atoms with Gasteiger partial charge >= 0.3 is 0 Å². The van der Waals surface area contributed by atoms with Crippen LogP contribution in [0.2, 0.25) is 0 Å². The van der Waals surface area contributed by atoms with Gasteiger partial charge in [-0.05, 0) is 17.7 Å². The van der Waals surface area contributed by atoms with E-state index in [9.17, 15) is 25.2 Å². The maximum Gasteiger partial charge on any atom is 0.204 e. The molecule has 0 unspecified atom stereocenters. The average molecular weight is 285 g/mol. The van der Waals surface area contributed by atoms with Crippen molar-refractivity contribution < 1.29 is 24.8 Å². The van der Waals surface area contributed by atoms with E-state index in [2.05, 4.69) is 0 Å². The maximum atomic E-state index is 12.4. The molecule has 0 aliphatic heterocycles. The molecule has 6 heteroatoms. The molecular weight excluding hydrogens is 276 g/mol. The van der Waals surface area contributed by atoms with Crippen molar-refractivity contribution in [1.82, 2.24) is 0 Å². The van der Waals surface area contributed by atoms with Gasteiger partial charge in [-0.1, -0.05) is 11.8 Å². The second-order valence-electron chi connectivity index (χ2n) is 4.50. The van der Waals surface area contributed by atoms with Gasteiger partial charge in [-0.2, -0.15) is 0 Å². The minimum atomic E-state index is -0.600. The summed E-state index contributed by atoms with van der Waals surface area (Å²) in [5.74, 6) is -1.43. The molecule has 0 radical (unpaired) electrons. The van der Waals surface area contributed by atoms with Gasteiger partial charge in [-0.3, -0.25) is 4.79 Å². The second kappa shape index (κ2) is 4.45. The van der Waals surface area contributed by atoms with E-state index in [1.807, 2.05) is 0 Å². The van der Waals surface area contributed by atoms with Gasteiger partial charge in [0, 0.05) is 12.1 Å². The molecule has 3 N–H and O–H groups in total. The fraction of sp³-hybridized carbons (Fsp3) is 0. The molecule has 0 spiro atoms. The van der Waals surface area contributed by atoms with Crippen LogP contribution < -0.4 is 10.5 Å². The Hall–Kier alpha value is -3.15. The summed E-state index contributed by atoms with van der Waals surface area (Å²) in [4.78, 5) is 12.4. The first-order chi connectivity index (χ1) is 9.97. The quantitative estimate of drug-likeness (QED) is 0.626. The van der Waals surface area contributed by atoms with Crippen LogP contribution >= 0.6 is 0 Å². The lowest BCUT2D eigenvalue weighted by atomic mass is 10.0. The lowest BCUT2D eigenvalue weighted by molar-refractivity contribution is -0.267. The molecule has 2 aromatic carbocycles. The van der Waals surface area contributed by atoms with E-state index < -0.39 is 16.9 Å². The van der Waals surface area contributed by atoms with Crippen molar-refractivity contribution in [3.63, 3.8) is 0 Å². The molecule has 3 rings (SSSR count). The summed E-state index contributed by atoms with van der Waals surface area (Å²) in [6.45, 7) is 0. The second-order valence-corrected chi connectivity index (χ2v) is 4.50. The van der Waals surface area contributed by atoms with Crippen LogP contribution in [-0.2, 0) is 0 Å². The van der Waals surface area contributed by atoms with E-state index in [-0.39, 0.29) is 33.6 Å². The maximum absolute atomic E-state index is 12.4. The fourth-order valence-electron chi connectivity index (χ4n) is 2.14. The zero-order chi connectivity index (χ0) is 15.1. The van der Waals surface area contributed by atoms with Gasteiger partial charge < -0.3 is 24.8 Å². The zero-order valence-corrected chi connectivity index (χ0v) is 10.5. The number of aromatic hydroxyl groups is 3. The molecule has 3 aromatic rings. The van der Waals surface area contributed by atoms with E-state index in [0.717, 1.165) is 18.4 Å². The first-order valence-corrected chi connectivity index (χ1v) is 5.95. The molecule has 0 amide bonds. The van der Waals surface area contributed by atoms with Crippen molar-refractivity contribution in [1.29, 1.82) is 0 Å². The molecule has 0 fully saturated rings. The molecule has 106 valence electrons. The predicted molar refractivity (Wildman–Crippen MR) is 72.4 cm³/mol. The minimum Gasteiger partial charge on any atom is -0.872 e. The lowest BCUT2D eigenvalue weighted by Crippen LogP contribution is -2.06. The highest BCUT2D eigenvalue weighted by atomic mass is 16.3. The molecule has 0 saturated heterocycles. The Morgan fingerprint density at radius 2 is 1.71 bits per heavy atom. The molecule has 1 aromatic heterocycles. The van der Waals surface area contributed by atoms with Crippen molar-refractivity contribution >= 4 is 11.0 Å². The number of hydrogen-bond donors (Lipinski definition) is 3. The standard InChI is InChI=1S/C15H10O6/c16-7-1-2-9(11(18)3-7)10-6-21-13-5-8(17)4-12(19)14(13)15(10)20/h1-6,16-19H/p-1. The highest BCUT2D eigenvalue weighted by molar-refractivity contribution is 5.88. The Kier molecular flexibility index (Phi) is 2.72. The topological polar surface area (TPSA) is 114 Å². The Labute approximate surface area is 117 Å². The largest absolute Gasteiger partial charge is 0.872 e. The summed E-state index contributed by atoms with van der Waals surface area (Å²) in [5.41, 5.74) is -0.576. The molecule has 1 heterocycles. The summed E-state index contributed by atoms with van der Waals surface area (Å²) in [6.07, 6.45) is 1.08. The molecule has 6 nitrogen and oxygen atoms in total. The zero-order valence-electron chi connectivity index (χ0n) is 10.5. The van der Waals surface area contributed by atoms with E-state index in [1.54, 1.807) is 0 Å². The smallest absolute Gasteiger partial charge is 0.204 e. The molecule has 0 saturated carbocycles. The van der Waals surface area contributed by atoms with Gasteiger partial charge in [0.1, 0.15) is 34.5 Å². The highest BCUT2D eigenvalue weighted by Gasteiger charge is 2.14. The van der Waals surface area contributed by atoms with Crippen molar-refractivity contribution in [3.8, 4) is 34.1 Å². The first-order valence-electron chi connectivity index (χ1n) is 5.95. The summed E-state index contributed by atoms with van der Waals surface area (Å²) in [6, 6.07) is 5.76. The van der Waals surface area contributed by atoms with E-state index in [0.29, 0.717) is 0 Å². The van der Waals surface area contributed by atoms with Crippen LogP contribution in [0.5, 0.6) is 23.0 Å². The van der Waals surface area contributed by atoms with Gasteiger partial charge in [0.2, 0.25) is 5.43 Å². The van der Waals surface area contributed by atoms with E-state index in [1.165, 1.54) is 18.2 Å². The first kappa shape index (κ1) is 12.9. The van der Waals surface area contributed by atoms with Gasteiger partial charge in [0.15, 0.2) is 0 Å². The van der Waals surface area contributed by atoms with Crippen molar-refractivity contribution in [2.24, 2.45) is 0 Å². The van der Waals surface area contributed by atoms with Crippen LogP contribution in [0.3, 0.4) is 0 Å². The SMILES string of the molecule is O=c1c(-c2ccc(O)cc2[O-])coc2cc(O)cc(O)c12. The van der Waals surface area contributed by atoms with Crippen molar-refractivity contribution in [3.05, 3.63) is 46.8 Å². The van der Waals surface area contributed by atoms with Crippen LogP contribution in [0.1, 0.15) is 0 Å². The van der Waals surface area contributed by atoms with Crippen molar-refractivity contribution in [2.45, 2.75) is 0 Å². The summed E-state index contributed by atoms with van der Waals surface area (Å²) in [7, 11) is 0. The number of phenolic OH excluding ortho intramolecular Hbond substituents is 3. The average Bonchev–Trinajstić information content (AvgIpc) is 2.39. The number of hydrogen-bond acceptors (Lipinski definition) is 6. The summed E-state index contributed by atoms with van der Waals surface area (Å²) < 4.78 is 5.20. The van der Waals surface area contributed by atoms with Crippen LogP contribution in [-0.4, -0.2) is 15.3 Å². The summed E-state index contributed by atoms with van der Waals surface area (Å²) >= 11 is 0. The van der Waals surface area contributed by atoms with Gasteiger partial charge in [0.05, 0.1) is 5.56 Å². The monoisotopic (exact) mass is 285 g/mol. The molecule has 0 atom stereocenters. The molecule has 0 aliphatic rings. The fourth-order valence-corrected chi connectivity index (χ4v) is 2.14. The Bertz CT molecular complexity index is 910. The van der Waals surface area contributed by atoms with Gasteiger partial charge in [0.25, 0.3) is 0 Å². The van der Waals surface area contributed by atoms with E-state index in [4.69, 9.17) is 4.42 Å². The Balaban J connectivity index is 2.35. The number of benzene rings is 2. The third-order valence-corrected chi connectivity index (χ3v) is 3.10. The highest BCUT2D eigenvalue weighted by Crippen LogP contribution is 2.32. The third kappa shape index (κ3) is 2.02. The molecule has 21 heavy (non-hydrogen) atoms. The van der Waals surface area contributed by atoms with Gasteiger partial charge in [-0.15, -0.1) is 0 Å². The van der Waals surface area contributed by atoms with Crippen LogP contribution in [0.4, 0.5) is 0 Å². The number of fused-ring (bicyclic) bond motifs is 1. The molecule has 0 aliphatic carbocycles. The lowest BCUT2D eigenvalue weighted by Gasteiger charge is -2.13. The molecular formula is C15H9O6-. The number of rotatable bonds is 1. The predicted octanol–water partition coefficient (Wildman–Crippen LogP) is 1.65.